The Labute approximate surface area is 154 Å². The minimum absolute atomic E-state index is 0.171. The fraction of sp³-hybridized carbons (Fsp3) is 0.364. The number of nitriles is 1. The van der Waals surface area contributed by atoms with Crippen LogP contribution >= 0.6 is 0 Å². The van der Waals surface area contributed by atoms with Gasteiger partial charge in [-0.15, -0.1) is 0 Å². The highest BCUT2D eigenvalue weighted by Gasteiger charge is 2.45. The van der Waals surface area contributed by atoms with Crippen molar-refractivity contribution in [1.82, 2.24) is 4.90 Å². The molecule has 1 amide bonds. The Kier molecular flexibility index (Phi) is 4.73. The second kappa shape index (κ2) is 7.31. The summed E-state index contributed by atoms with van der Waals surface area (Å²) in [5.41, 5.74) is 2.87. The summed E-state index contributed by atoms with van der Waals surface area (Å²) in [5, 5.41) is 8.91. The third-order valence-corrected chi connectivity index (χ3v) is 5.66. The largest absolute Gasteiger partial charge is 0.381 e. The number of carbonyl (C=O) groups is 1. The smallest absolute Gasteiger partial charge is 0.227 e. The molecule has 0 bridgehead atoms. The maximum Gasteiger partial charge on any atom is 0.227 e. The van der Waals surface area contributed by atoms with Gasteiger partial charge in [-0.05, 0) is 29.7 Å². The second-order valence-electron chi connectivity index (χ2n) is 7.14. The van der Waals surface area contributed by atoms with Gasteiger partial charge < -0.3 is 9.64 Å². The lowest BCUT2D eigenvalue weighted by Gasteiger charge is -2.32. The molecule has 4 heteroatoms. The molecule has 0 aliphatic carbocycles. The average molecular weight is 346 g/mol. The first-order valence-corrected chi connectivity index (χ1v) is 9.17. The molecule has 0 N–H and O–H groups in total. The summed E-state index contributed by atoms with van der Waals surface area (Å²) < 4.78 is 5.74. The summed E-state index contributed by atoms with van der Waals surface area (Å²) in [6.45, 7) is 2.21. The van der Waals surface area contributed by atoms with E-state index in [2.05, 4.69) is 35.2 Å². The second-order valence-corrected chi connectivity index (χ2v) is 7.14. The van der Waals surface area contributed by atoms with Crippen molar-refractivity contribution in [3.8, 4) is 6.07 Å². The Hall–Kier alpha value is -2.64. The fourth-order valence-corrected chi connectivity index (χ4v) is 4.32. The molecule has 4 nitrogen and oxygen atoms in total. The van der Waals surface area contributed by atoms with Crippen LogP contribution in [0.4, 0.5) is 0 Å². The van der Waals surface area contributed by atoms with E-state index in [0.29, 0.717) is 23.8 Å². The molecule has 3 unspecified atom stereocenters. The van der Waals surface area contributed by atoms with Gasteiger partial charge in [-0.3, -0.25) is 4.79 Å². The van der Waals surface area contributed by atoms with Crippen molar-refractivity contribution >= 4 is 5.91 Å². The summed E-state index contributed by atoms with van der Waals surface area (Å²) in [5.74, 6) is 0.882. The SMILES string of the molecule is N#Cc1ccc(CC(=O)N2CC(c3ccccc3)C3COCCC32)cc1. The van der Waals surface area contributed by atoms with E-state index >= 15 is 0 Å². The zero-order valence-corrected chi connectivity index (χ0v) is 14.7. The van der Waals surface area contributed by atoms with Crippen LogP contribution in [0.2, 0.25) is 0 Å². The van der Waals surface area contributed by atoms with Crippen molar-refractivity contribution in [2.24, 2.45) is 5.92 Å². The Bertz CT molecular complexity index is 810. The minimum Gasteiger partial charge on any atom is -0.381 e. The van der Waals surface area contributed by atoms with Gasteiger partial charge in [-0.1, -0.05) is 42.5 Å². The molecule has 26 heavy (non-hydrogen) atoms. The molecule has 2 heterocycles. The van der Waals surface area contributed by atoms with Crippen LogP contribution in [0.5, 0.6) is 0 Å². The summed E-state index contributed by atoms with van der Waals surface area (Å²) in [6.07, 6.45) is 1.30. The van der Waals surface area contributed by atoms with E-state index in [1.165, 1.54) is 5.56 Å². The molecule has 132 valence electrons. The molecule has 0 saturated carbocycles. The van der Waals surface area contributed by atoms with Gasteiger partial charge in [0.25, 0.3) is 0 Å². The van der Waals surface area contributed by atoms with Crippen LogP contribution in [-0.2, 0) is 16.0 Å². The molecule has 2 aromatic rings. The summed E-state index contributed by atoms with van der Waals surface area (Å²) in [6, 6.07) is 20.2. The molecule has 2 aromatic carbocycles. The first-order chi connectivity index (χ1) is 12.8. The normalized spacial score (nSPS) is 24.7. The predicted molar refractivity (Wildman–Crippen MR) is 98.5 cm³/mol. The van der Waals surface area contributed by atoms with Crippen LogP contribution in [0.25, 0.3) is 0 Å². The van der Waals surface area contributed by atoms with Gasteiger partial charge in [0.2, 0.25) is 5.91 Å². The van der Waals surface area contributed by atoms with Crippen LogP contribution < -0.4 is 0 Å². The minimum atomic E-state index is 0.171. The number of benzene rings is 2. The summed E-state index contributed by atoms with van der Waals surface area (Å²) in [4.78, 5) is 15.1. The first kappa shape index (κ1) is 16.8. The van der Waals surface area contributed by atoms with Crippen molar-refractivity contribution in [3.05, 3.63) is 71.3 Å². The average Bonchev–Trinajstić information content (AvgIpc) is 3.09. The van der Waals surface area contributed by atoms with Crippen LogP contribution in [0.3, 0.4) is 0 Å². The molecule has 2 aliphatic heterocycles. The number of rotatable bonds is 3. The molecular formula is C22H22N2O2. The number of nitrogens with zero attached hydrogens (tertiary/aromatic N) is 2. The maximum atomic E-state index is 13.0. The summed E-state index contributed by atoms with van der Waals surface area (Å²) >= 11 is 0. The number of likely N-dealkylation sites (tertiary alicyclic amines) is 1. The van der Waals surface area contributed by atoms with Crippen molar-refractivity contribution < 1.29 is 9.53 Å². The molecule has 0 aromatic heterocycles. The van der Waals surface area contributed by atoms with E-state index in [-0.39, 0.29) is 11.9 Å². The van der Waals surface area contributed by atoms with Crippen molar-refractivity contribution in [2.75, 3.05) is 19.8 Å². The topological polar surface area (TPSA) is 53.3 Å². The third-order valence-electron chi connectivity index (χ3n) is 5.66. The highest BCUT2D eigenvalue weighted by atomic mass is 16.5. The molecule has 3 atom stereocenters. The van der Waals surface area contributed by atoms with Crippen LogP contribution in [0.15, 0.2) is 54.6 Å². The van der Waals surface area contributed by atoms with Gasteiger partial charge in [0.15, 0.2) is 0 Å². The van der Waals surface area contributed by atoms with Crippen LogP contribution in [0, 0.1) is 17.2 Å². The van der Waals surface area contributed by atoms with E-state index in [1.807, 2.05) is 18.2 Å². The fourth-order valence-electron chi connectivity index (χ4n) is 4.32. The Morgan fingerprint density at radius 1 is 1.15 bits per heavy atom. The van der Waals surface area contributed by atoms with E-state index in [1.54, 1.807) is 12.1 Å². The lowest BCUT2D eigenvalue weighted by molar-refractivity contribution is -0.133. The van der Waals surface area contributed by atoms with Gasteiger partial charge >= 0.3 is 0 Å². The van der Waals surface area contributed by atoms with Gasteiger partial charge in [-0.2, -0.15) is 5.26 Å². The van der Waals surface area contributed by atoms with Crippen LogP contribution in [-0.4, -0.2) is 36.6 Å². The quantitative estimate of drug-likeness (QED) is 0.858. The van der Waals surface area contributed by atoms with Gasteiger partial charge in [0.05, 0.1) is 24.7 Å². The highest BCUT2D eigenvalue weighted by molar-refractivity contribution is 5.79. The van der Waals surface area contributed by atoms with Gasteiger partial charge in [0, 0.05) is 31.0 Å². The van der Waals surface area contributed by atoms with Crippen molar-refractivity contribution in [2.45, 2.75) is 24.8 Å². The third kappa shape index (κ3) is 3.23. The van der Waals surface area contributed by atoms with E-state index < -0.39 is 0 Å². The molecule has 2 aliphatic rings. The Balaban J connectivity index is 1.53. The Morgan fingerprint density at radius 2 is 1.92 bits per heavy atom. The van der Waals surface area contributed by atoms with E-state index in [9.17, 15) is 4.79 Å². The van der Waals surface area contributed by atoms with Gasteiger partial charge in [0.1, 0.15) is 0 Å². The molecule has 2 fully saturated rings. The number of ether oxygens (including phenoxy) is 1. The molecule has 0 spiro atoms. The number of amides is 1. The zero-order valence-electron chi connectivity index (χ0n) is 14.7. The summed E-state index contributed by atoms with van der Waals surface area (Å²) in [7, 11) is 0. The Morgan fingerprint density at radius 3 is 2.65 bits per heavy atom. The molecule has 0 radical (unpaired) electrons. The number of hydrogen-bond acceptors (Lipinski definition) is 3. The van der Waals surface area contributed by atoms with E-state index in [4.69, 9.17) is 10.00 Å². The lowest BCUT2D eigenvalue weighted by Crippen LogP contribution is -2.42. The zero-order chi connectivity index (χ0) is 17.9. The predicted octanol–water partition coefficient (Wildman–Crippen LogP) is 3.13. The standard InChI is InChI=1S/C22H22N2O2/c23-13-17-8-6-16(7-9-17)12-22(25)24-14-19(18-4-2-1-3-5-18)20-15-26-11-10-21(20)24/h1-9,19-21H,10-12,14-15H2. The molecule has 4 rings (SSSR count). The maximum absolute atomic E-state index is 13.0. The van der Waals surface area contributed by atoms with E-state index in [0.717, 1.165) is 31.7 Å². The van der Waals surface area contributed by atoms with Gasteiger partial charge in [-0.25, -0.2) is 0 Å². The number of fused-ring (bicyclic) bond motifs is 1. The van der Waals surface area contributed by atoms with Crippen molar-refractivity contribution in [3.63, 3.8) is 0 Å². The lowest BCUT2D eigenvalue weighted by atomic mass is 9.84. The molecule has 2 saturated heterocycles. The number of hydrogen-bond donors (Lipinski definition) is 0. The number of carbonyl (C=O) groups excluding carboxylic acids is 1. The molecular weight excluding hydrogens is 324 g/mol. The highest BCUT2D eigenvalue weighted by Crippen LogP contribution is 2.41. The van der Waals surface area contributed by atoms with Crippen molar-refractivity contribution in [1.29, 1.82) is 5.26 Å². The van der Waals surface area contributed by atoms with Crippen LogP contribution in [0.1, 0.15) is 29.0 Å². The monoisotopic (exact) mass is 346 g/mol. The first-order valence-electron chi connectivity index (χ1n) is 9.17.